The van der Waals surface area contributed by atoms with E-state index in [1.165, 1.54) is 6.26 Å². The first-order chi connectivity index (χ1) is 9.19. The van der Waals surface area contributed by atoms with Gasteiger partial charge in [0.15, 0.2) is 0 Å². The van der Waals surface area contributed by atoms with Gasteiger partial charge in [-0.05, 0) is 19.4 Å². The van der Waals surface area contributed by atoms with E-state index in [1.54, 1.807) is 13.8 Å². The van der Waals surface area contributed by atoms with E-state index in [9.17, 15) is 4.79 Å². The van der Waals surface area contributed by atoms with Crippen molar-refractivity contribution < 1.29 is 14.3 Å². The van der Waals surface area contributed by atoms with Crippen LogP contribution >= 0.6 is 0 Å². The number of benzene rings is 1. The Kier molecular flexibility index (Phi) is 6.17. The highest BCUT2D eigenvalue weighted by Crippen LogP contribution is 2.10. The monoisotopic (exact) mass is 259 g/mol. The van der Waals surface area contributed by atoms with Crippen molar-refractivity contribution in [3.63, 3.8) is 0 Å². The Balaban J connectivity index is 2.56. The Bertz CT molecular complexity index is 474. The fourth-order valence-electron chi connectivity index (χ4n) is 1.47. The second-order valence-electron chi connectivity index (χ2n) is 3.94. The fourth-order valence-corrected chi connectivity index (χ4v) is 1.47. The van der Waals surface area contributed by atoms with Crippen LogP contribution in [0.25, 0.3) is 4.85 Å². The van der Waals surface area contributed by atoms with Crippen molar-refractivity contribution >= 4 is 5.97 Å². The van der Waals surface area contributed by atoms with E-state index in [2.05, 4.69) is 4.85 Å². The molecule has 0 radical (unpaired) electrons. The molecule has 0 heterocycles. The number of esters is 1. The second-order valence-corrected chi connectivity index (χ2v) is 3.94. The molecule has 1 aromatic rings. The normalized spacial score (nSPS) is 12.4. The van der Waals surface area contributed by atoms with Gasteiger partial charge in [-0.3, -0.25) is 4.85 Å². The van der Waals surface area contributed by atoms with Gasteiger partial charge >= 0.3 is 12.0 Å². The average Bonchev–Trinajstić information content (AvgIpc) is 2.41. The first-order valence-electron chi connectivity index (χ1n) is 6.04. The Hall–Kier alpha value is -2.28. The molecule has 4 heteroatoms. The molecule has 1 unspecified atom stereocenters. The van der Waals surface area contributed by atoms with Gasteiger partial charge in [-0.15, -0.1) is 0 Å². The Morgan fingerprint density at radius 2 is 2.11 bits per heavy atom. The smallest absolute Gasteiger partial charge is 0.395 e. The standard InChI is InChI=1S/C15H17NO3/c1-4-19-15(17)14(16-3)12(2)10-18-11-13-8-6-5-7-9-13/h5-10,14H,4,11H2,1-2H3/b12-10+. The Morgan fingerprint density at radius 3 is 2.68 bits per heavy atom. The van der Waals surface area contributed by atoms with Gasteiger partial charge in [0, 0.05) is 0 Å². The van der Waals surface area contributed by atoms with Crippen LogP contribution in [0, 0.1) is 6.57 Å². The number of nitrogens with zero attached hydrogens (tertiary/aromatic N) is 1. The third kappa shape index (κ3) is 4.84. The number of carbonyl (C=O) groups is 1. The van der Waals surface area contributed by atoms with Gasteiger partial charge in [0.05, 0.1) is 18.4 Å². The van der Waals surface area contributed by atoms with E-state index in [0.29, 0.717) is 12.2 Å². The summed E-state index contributed by atoms with van der Waals surface area (Å²) >= 11 is 0. The number of hydrogen-bond acceptors (Lipinski definition) is 3. The highest BCUT2D eigenvalue weighted by molar-refractivity contribution is 5.81. The van der Waals surface area contributed by atoms with Gasteiger partial charge in [0.2, 0.25) is 0 Å². The van der Waals surface area contributed by atoms with E-state index in [0.717, 1.165) is 5.56 Å². The molecule has 0 saturated heterocycles. The number of carbonyl (C=O) groups excluding carboxylic acids is 1. The zero-order valence-electron chi connectivity index (χ0n) is 11.1. The molecule has 0 amide bonds. The predicted molar refractivity (Wildman–Crippen MR) is 72.0 cm³/mol. The maximum Gasteiger partial charge on any atom is 0.395 e. The molecule has 1 aromatic carbocycles. The molecular weight excluding hydrogens is 242 g/mol. The Morgan fingerprint density at radius 1 is 1.42 bits per heavy atom. The van der Waals surface area contributed by atoms with Crippen LogP contribution < -0.4 is 0 Å². The van der Waals surface area contributed by atoms with Gasteiger partial charge < -0.3 is 9.47 Å². The van der Waals surface area contributed by atoms with Crippen molar-refractivity contribution in [3.05, 3.63) is 59.1 Å². The zero-order valence-corrected chi connectivity index (χ0v) is 11.1. The minimum atomic E-state index is -0.921. The summed E-state index contributed by atoms with van der Waals surface area (Å²) in [5.74, 6) is -0.533. The van der Waals surface area contributed by atoms with Crippen LogP contribution in [-0.4, -0.2) is 18.6 Å². The quantitative estimate of drug-likeness (QED) is 0.448. The van der Waals surface area contributed by atoms with Crippen LogP contribution in [0.1, 0.15) is 19.4 Å². The summed E-state index contributed by atoms with van der Waals surface area (Å²) in [7, 11) is 0. The van der Waals surface area contributed by atoms with E-state index in [1.807, 2.05) is 30.3 Å². The third-order valence-corrected chi connectivity index (χ3v) is 2.43. The van der Waals surface area contributed by atoms with Crippen molar-refractivity contribution in [3.8, 4) is 0 Å². The van der Waals surface area contributed by atoms with Gasteiger partial charge in [-0.1, -0.05) is 30.3 Å². The van der Waals surface area contributed by atoms with Crippen LogP contribution in [0.3, 0.4) is 0 Å². The highest BCUT2D eigenvalue weighted by Gasteiger charge is 2.27. The molecule has 0 aliphatic rings. The van der Waals surface area contributed by atoms with Crippen LogP contribution in [0.5, 0.6) is 0 Å². The molecule has 100 valence electrons. The van der Waals surface area contributed by atoms with Crippen molar-refractivity contribution in [2.45, 2.75) is 26.5 Å². The lowest BCUT2D eigenvalue weighted by Gasteiger charge is -2.06. The summed E-state index contributed by atoms with van der Waals surface area (Å²) in [4.78, 5) is 14.8. The van der Waals surface area contributed by atoms with Gasteiger partial charge in [-0.25, -0.2) is 11.4 Å². The molecule has 0 fully saturated rings. The zero-order chi connectivity index (χ0) is 14.1. The van der Waals surface area contributed by atoms with Gasteiger partial charge in [0.25, 0.3) is 0 Å². The fraction of sp³-hybridized carbons (Fsp3) is 0.333. The molecule has 0 aliphatic carbocycles. The van der Waals surface area contributed by atoms with Crippen LogP contribution in [0.2, 0.25) is 0 Å². The number of rotatable bonds is 6. The summed E-state index contributed by atoms with van der Waals surface area (Å²) in [5.41, 5.74) is 1.58. The average molecular weight is 259 g/mol. The maximum atomic E-state index is 11.5. The topological polar surface area (TPSA) is 39.9 Å². The summed E-state index contributed by atoms with van der Waals surface area (Å²) in [6.07, 6.45) is 1.45. The maximum absolute atomic E-state index is 11.5. The minimum absolute atomic E-state index is 0.267. The molecule has 4 nitrogen and oxygen atoms in total. The Labute approximate surface area is 113 Å². The molecule has 1 atom stereocenters. The summed E-state index contributed by atoms with van der Waals surface area (Å²) in [5, 5.41) is 0. The minimum Gasteiger partial charge on any atom is -0.496 e. The van der Waals surface area contributed by atoms with Gasteiger partial charge in [0.1, 0.15) is 6.61 Å². The van der Waals surface area contributed by atoms with E-state index in [4.69, 9.17) is 16.0 Å². The van der Waals surface area contributed by atoms with Crippen molar-refractivity contribution in [2.24, 2.45) is 0 Å². The molecule has 0 aliphatic heterocycles. The summed E-state index contributed by atoms with van der Waals surface area (Å²) < 4.78 is 10.2. The van der Waals surface area contributed by atoms with Crippen LogP contribution in [0.15, 0.2) is 42.2 Å². The SMILES string of the molecule is [C-]#[N+]C(C(=O)OCC)/C(C)=C/OCc1ccccc1. The molecule has 0 N–H and O–H groups in total. The first-order valence-corrected chi connectivity index (χ1v) is 6.04. The molecule has 0 saturated carbocycles. The first kappa shape index (κ1) is 14.8. The number of ether oxygens (including phenoxy) is 2. The molecular formula is C15H17NO3. The lowest BCUT2D eigenvalue weighted by Crippen LogP contribution is -2.21. The van der Waals surface area contributed by atoms with Crippen molar-refractivity contribution in [2.75, 3.05) is 6.61 Å². The second kappa shape index (κ2) is 7.93. The summed E-state index contributed by atoms with van der Waals surface area (Å²) in [6.45, 7) is 11.1. The molecule has 0 bridgehead atoms. The lowest BCUT2D eigenvalue weighted by atomic mass is 10.1. The highest BCUT2D eigenvalue weighted by atomic mass is 16.5. The molecule has 1 rings (SSSR count). The molecule has 19 heavy (non-hydrogen) atoms. The largest absolute Gasteiger partial charge is 0.496 e. The lowest BCUT2D eigenvalue weighted by molar-refractivity contribution is -0.142. The van der Waals surface area contributed by atoms with Crippen molar-refractivity contribution in [1.82, 2.24) is 0 Å². The third-order valence-electron chi connectivity index (χ3n) is 2.43. The number of hydrogen-bond donors (Lipinski definition) is 0. The molecule has 0 spiro atoms. The van der Waals surface area contributed by atoms with Crippen LogP contribution in [-0.2, 0) is 20.9 Å². The summed E-state index contributed by atoms with van der Waals surface area (Å²) in [6, 6.07) is 8.75. The van der Waals surface area contributed by atoms with Crippen LogP contribution in [0.4, 0.5) is 0 Å². The van der Waals surface area contributed by atoms with E-state index >= 15 is 0 Å². The van der Waals surface area contributed by atoms with Crippen molar-refractivity contribution in [1.29, 1.82) is 0 Å². The predicted octanol–water partition coefficient (Wildman–Crippen LogP) is 2.96. The van der Waals surface area contributed by atoms with E-state index in [-0.39, 0.29) is 6.61 Å². The van der Waals surface area contributed by atoms with Gasteiger partial charge in [-0.2, -0.15) is 0 Å². The van der Waals surface area contributed by atoms with E-state index < -0.39 is 12.0 Å². The molecule has 0 aromatic heterocycles.